The summed E-state index contributed by atoms with van der Waals surface area (Å²) in [4.78, 5) is 11.1. The van der Waals surface area contributed by atoms with Crippen molar-refractivity contribution in [2.75, 3.05) is 18.5 Å². The molecule has 0 atom stereocenters. The van der Waals surface area contributed by atoms with Crippen LogP contribution in [0.3, 0.4) is 0 Å². The number of hydrogen-bond acceptors (Lipinski definition) is 3. The van der Waals surface area contributed by atoms with Crippen LogP contribution in [0.4, 0.5) is 5.69 Å². The van der Waals surface area contributed by atoms with E-state index in [1.54, 1.807) is 0 Å². The molecule has 1 aromatic carbocycles. The van der Waals surface area contributed by atoms with Gasteiger partial charge >= 0.3 is 5.97 Å². The zero-order chi connectivity index (χ0) is 12.0. The van der Waals surface area contributed by atoms with Gasteiger partial charge in [-0.3, -0.25) is 4.79 Å². The minimum Gasteiger partial charge on any atom is -0.466 e. The van der Waals surface area contributed by atoms with Crippen molar-refractivity contribution in [3.63, 3.8) is 0 Å². The van der Waals surface area contributed by atoms with Crippen molar-refractivity contribution in [1.82, 2.24) is 0 Å². The Morgan fingerprint density at radius 3 is 2.94 bits per heavy atom. The van der Waals surface area contributed by atoms with Crippen molar-refractivity contribution in [3.8, 4) is 0 Å². The summed E-state index contributed by atoms with van der Waals surface area (Å²) >= 11 is 3.41. The van der Waals surface area contributed by atoms with E-state index < -0.39 is 0 Å². The van der Waals surface area contributed by atoms with Gasteiger partial charge in [-0.15, -0.1) is 0 Å². The van der Waals surface area contributed by atoms with E-state index in [0.29, 0.717) is 19.6 Å². The highest BCUT2D eigenvalue weighted by Gasteiger charge is 2.02. The van der Waals surface area contributed by atoms with Gasteiger partial charge in [0, 0.05) is 16.7 Å². The summed E-state index contributed by atoms with van der Waals surface area (Å²) in [5, 5.41) is 3.21. The van der Waals surface area contributed by atoms with Gasteiger partial charge in [-0.05, 0) is 31.5 Å². The largest absolute Gasteiger partial charge is 0.466 e. The van der Waals surface area contributed by atoms with Gasteiger partial charge < -0.3 is 10.1 Å². The minimum atomic E-state index is -0.164. The lowest BCUT2D eigenvalue weighted by molar-refractivity contribution is -0.142. The van der Waals surface area contributed by atoms with Gasteiger partial charge in [0.25, 0.3) is 0 Å². The Hall–Kier alpha value is -1.03. The minimum absolute atomic E-state index is 0.164. The van der Waals surface area contributed by atoms with Crippen LogP contribution in [0.1, 0.15) is 18.9 Å². The molecule has 0 aliphatic rings. The van der Waals surface area contributed by atoms with Crippen LogP contribution in [-0.2, 0) is 9.53 Å². The molecule has 88 valence electrons. The zero-order valence-corrected chi connectivity index (χ0v) is 11.1. The van der Waals surface area contributed by atoms with Crippen molar-refractivity contribution in [3.05, 3.63) is 28.2 Å². The number of carbonyl (C=O) groups is 1. The number of ether oxygens (including phenoxy) is 1. The first-order valence-corrected chi connectivity index (χ1v) is 6.08. The van der Waals surface area contributed by atoms with E-state index in [-0.39, 0.29) is 5.97 Å². The molecule has 0 fully saturated rings. The SMILES string of the molecule is CCOC(=O)CCNc1cc(Br)ccc1C. The van der Waals surface area contributed by atoms with Crippen molar-refractivity contribution in [1.29, 1.82) is 0 Å². The molecule has 4 heteroatoms. The lowest BCUT2D eigenvalue weighted by Crippen LogP contribution is -2.11. The van der Waals surface area contributed by atoms with Crippen LogP contribution in [-0.4, -0.2) is 19.1 Å². The van der Waals surface area contributed by atoms with Gasteiger partial charge in [-0.2, -0.15) is 0 Å². The molecule has 0 saturated carbocycles. The van der Waals surface area contributed by atoms with Crippen LogP contribution in [0.25, 0.3) is 0 Å². The first-order chi connectivity index (χ1) is 7.63. The highest BCUT2D eigenvalue weighted by Crippen LogP contribution is 2.20. The Morgan fingerprint density at radius 1 is 1.50 bits per heavy atom. The molecule has 1 rings (SSSR count). The summed E-state index contributed by atoms with van der Waals surface area (Å²) in [5.41, 5.74) is 2.20. The van der Waals surface area contributed by atoms with Crippen LogP contribution >= 0.6 is 15.9 Å². The molecular weight excluding hydrogens is 270 g/mol. The van der Waals surface area contributed by atoms with Crippen LogP contribution in [0.2, 0.25) is 0 Å². The Balaban J connectivity index is 2.42. The lowest BCUT2D eigenvalue weighted by Gasteiger charge is -2.09. The van der Waals surface area contributed by atoms with Gasteiger partial charge in [0.15, 0.2) is 0 Å². The van der Waals surface area contributed by atoms with Gasteiger partial charge in [0.2, 0.25) is 0 Å². The maximum atomic E-state index is 11.1. The Bertz CT molecular complexity index is 366. The molecule has 0 heterocycles. The molecular formula is C12H16BrNO2. The Morgan fingerprint density at radius 2 is 2.25 bits per heavy atom. The highest BCUT2D eigenvalue weighted by molar-refractivity contribution is 9.10. The van der Waals surface area contributed by atoms with E-state index in [4.69, 9.17) is 4.74 Å². The summed E-state index contributed by atoms with van der Waals surface area (Å²) in [6.45, 7) is 4.87. The molecule has 0 saturated heterocycles. The molecule has 0 spiro atoms. The maximum Gasteiger partial charge on any atom is 0.307 e. The number of halogens is 1. The number of benzene rings is 1. The second-order valence-electron chi connectivity index (χ2n) is 3.44. The summed E-state index contributed by atoms with van der Waals surface area (Å²) in [6, 6.07) is 6.02. The van der Waals surface area contributed by atoms with E-state index >= 15 is 0 Å². The molecule has 0 aliphatic carbocycles. The third-order valence-electron chi connectivity index (χ3n) is 2.15. The third-order valence-corrected chi connectivity index (χ3v) is 2.64. The normalized spacial score (nSPS) is 9.94. The Kier molecular flexibility index (Phi) is 5.32. The van der Waals surface area contributed by atoms with E-state index in [0.717, 1.165) is 15.7 Å². The first-order valence-electron chi connectivity index (χ1n) is 5.29. The molecule has 0 aromatic heterocycles. The number of esters is 1. The molecule has 0 unspecified atom stereocenters. The smallest absolute Gasteiger partial charge is 0.307 e. The van der Waals surface area contributed by atoms with Gasteiger partial charge in [-0.25, -0.2) is 0 Å². The first kappa shape index (κ1) is 13.0. The molecule has 0 amide bonds. The standard InChI is InChI=1S/C12H16BrNO2/c1-3-16-12(15)6-7-14-11-8-10(13)5-4-9(11)2/h4-5,8,14H,3,6-7H2,1-2H3. The van der Waals surface area contributed by atoms with E-state index in [1.165, 1.54) is 0 Å². The van der Waals surface area contributed by atoms with E-state index in [1.807, 2.05) is 32.0 Å². The number of carbonyl (C=O) groups excluding carboxylic acids is 1. The van der Waals surface area contributed by atoms with Crippen LogP contribution in [0, 0.1) is 6.92 Å². The molecule has 1 N–H and O–H groups in total. The molecule has 3 nitrogen and oxygen atoms in total. The number of rotatable bonds is 5. The van der Waals surface area contributed by atoms with Gasteiger partial charge in [-0.1, -0.05) is 22.0 Å². The van der Waals surface area contributed by atoms with E-state index in [9.17, 15) is 4.79 Å². The fourth-order valence-corrected chi connectivity index (χ4v) is 1.68. The molecule has 0 bridgehead atoms. The molecule has 1 aromatic rings. The topological polar surface area (TPSA) is 38.3 Å². The van der Waals surface area contributed by atoms with Crippen molar-refractivity contribution >= 4 is 27.6 Å². The van der Waals surface area contributed by atoms with Crippen LogP contribution < -0.4 is 5.32 Å². The van der Waals surface area contributed by atoms with Crippen LogP contribution in [0.15, 0.2) is 22.7 Å². The number of hydrogen-bond donors (Lipinski definition) is 1. The summed E-state index contributed by atoms with van der Waals surface area (Å²) in [7, 11) is 0. The predicted octanol–water partition coefficient (Wildman–Crippen LogP) is 3.12. The molecule has 0 radical (unpaired) electrons. The quantitative estimate of drug-likeness (QED) is 0.845. The van der Waals surface area contributed by atoms with Crippen molar-refractivity contribution in [2.45, 2.75) is 20.3 Å². The predicted molar refractivity (Wildman–Crippen MR) is 68.6 cm³/mol. The molecule has 16 heavy (non-hydrogen) atoms. The summed E-state index contributed by atoms with van der Waals surface area (Å²) < 4.78 is 5.87. The second-order valence-corrected chi connectivity index (χ2v) is 4.36. The summed E-state index contributed by atoms with van der Waals surface area (Å²) in [6.07, 6.45) is 0.389. The third kappa shape index (κ3) is 4.23. The average Bonchev–Trinajstić information content (AvgIpc) is 2.23. The van der Waals surface area contributed by atoms with Crippen molar-refractivity contribution < 1.29 is 9.53 Å². The maximum absolute atomic E-state index is 11.1. The fourth-order valence-electron chi connectivity index (χ4n) is 1.32. The average molecular weight is 286 g/mol. The van der Waals surface area contributed by atoms with E-state index in [2.05, 4.69) is 21.2 Å². The number of anilines is 1. The fraction of sp³-hybridized carbons (Fsp3) is 0.417. The van der Waals surface area contributed by atoms with Crippen molar-refractivity contribution in [2.24, 2.45) is 0 Å². The summed E-state index contributed by atoms with van der Waals surface area (Å²) in [5.74, 6) is -0.164. The zero-order valence-electron chi connectivity index (χ0n) is 9.55. The Labute approximate surface area is 104 Å². The van der Waals surface area contributed by atoms with Gasteiger partial charge in [0.05, 0.1) is 13.0 Å². The highest BCUT2D eigenvalue weighted by atomic mass is 79.9. The van der Waals surface area contributed by atoms with Crippen LogP contribution in [0.5, 0.6) is 0 Å². The monoisotopic (exact) mass is 285 g/mol. The number of aryl methyl sites for hydroxylation is 1. The second kappa shape index (κ2) is 6.53. The molecule has 0 aliphatic heterocycles. The lowest BCUT2D eigenvalue weighted by atomic mass is 10.2. The number of nitrogens with one attached hydrogen (secondary N) is 1. The van der Waals surface area contributed by atoms with Gasteiger partial charge in [0.1, 0.15) is 0 Å².